The summed E-state index contributed by atoms with van der Waals surface area (Å²) in [7, 11) is 0. The number of piperidine rings is 1. The summed E-state index contributed by atoms with van der Waals surface area (Å²) in [6.45, 7) is 2.50. The molecule has 134 valence electrons. The molecule has 2 saturated heterocycles. The van der Waals surface area contributed by atoms with Crippen molar-refractivity contribution in [3.8, 4) is 5.75 Å². The maximum Gasteiger partial charge on any atom is 0.220 e. The Hall–Kier alpha value is -0.970. The zero-order valence-electron chi connectivity index (χ0n) is 14.0. The van der Waals surface area contributed by atoms with Crippen LogP contribution in [0, 0.1) is 6.92 Å². The number of benzene rings is 1. The first kappa shape index (κ1) is 19.4. The number of carbonyl (C=O) groups is 1. The highest BCUT2D eigenvalue weighted by atomic mass is 35.5. The van der Waals surface area contributed by atoms with Gasteiger partial charge in [-0.15, -0.1) is 12.4 Å². The summed E-state index contributed by atoms with van der Waals surface area (Å²) in [5, 5.41) is 7.52. The van der Waals surface area contributed by atoms with Gasteiger partial charge in [0.1, 0.15) is 5.75 Å². The molecule has 0 aliphatic carbocycles. The van der Waals surface area contributed by atoms with Crippen LogP contribution in [0.4, 0.5) is 0 Å². The first-order chi connectivity index (χ1) is 11.1. The average Bonchev–Trinajstić information content (AvgIpc) is 2.86. The fraction of sp³-hybridized carbons (Fsp3) is 0.611. The molecule has 6 heteroatoms. The first-order valence-corrected chi connectivity index (χ1v) is 8.92. The Morgan fingerprint density at radius 1 is 1.33 bits per heavy atom. The lowest BCUT2D eigenvalue weighted by molar-refractivity contribution is -0.122. The van der Waals surface area contributed by atoms with Gasteiger partial charge in [-0.25, -0.2) is 0 Å². The lowest BCUT2D eigenvalue weighted by Gasteiger charge is -2.29. The molecule has 1 aromatic carbocycles. The van der Waals surface area contributed by atoms with Gasteiger partial charge in [0, 0.05) is 29.6 Å². The third kappa shape index (κ3) is 5.27. The summed E-state index contributed by atoms with van der Waals surface area (Å²) in [5.41, 5.74) is 1.00. The van der Waals surface area contributed by atoms with Crippen LogP contribution in [0.3, 0.4) is 0 Å². The molecule has 0 radical (unpaired) electrons. The molecule has 2 atom stereocenters. The highest BCUT2D eigenvalue weighted by Gasteiger charge is 2.33. The van der Waals surface area contributed by atoms with Gasteiger partial charge in [0.2, 0.25) is 5.91 Å². The van der Waals surface area contributed by atoms with Gasteiger partial charge >= 0.3 is 0 Å². The van der Waals surface area contributed by atoms with Gasteiger partial charge in [-0.1, -0.05) is 11.6 Å². The van der Waals surface area contributed by atoms with Crippen LogP contribution < -0.4 is 15.4 Å². The van der Waals surface area contributed by atoms with Crippen molar-refractivity contribution in [3.05, 3.63) is 28.8 Å². The Morgan fingerprint density at radius 2 is 2.04 bits per heavy atom. The van der Waals surface area contributed by atoms with Crippen molar-refractivity contribution in [1.82, 2.24) is 10.6 Å². The molecule has 0 saturated carbocycles. The van der Waals surface area contributed by atoms with E-state index in [2.05, 4.69) is 10.6 Å². The minimum Gasteiger partial charge on any atom is -0.494 e. The number of ether oxygens (including phenoxy) is 1. The van der Waals surface area contributed by atoms with Crippen molar-refractivity contribution in [3.63, 3.8) is 0 Å². The SMILES string of the molecule is Cc1cc(OCCCC(=O)NC2CC3CCC(C2)N3)ccc1Cl.Cl. The molecule has 3 rings (SSSR count). The van der Waals surface area contributed by atoms with Crippen molar-refractivity contribution >= 4 is 29.9 Å². The fourth-order valence-electron chi connectivity index (χ4n) is 3.60. The number of aryl methyl sites for hydroxylation is 1. The lowest BCUT2D eigenvalue weighted by Crippen LogP contribution is -2.48. The molecule has 0 spiro atoms. The van der Waals surface area contributed by atoms with E-state index in [9.17, 15) is 4.79 Å². The molecule has 2 fully saturated rings. The smallest absolute Gasteiger partial charge is 0.220 e. The Labute approximate surface area is 155 Å². The van der Waals surface area contributed by atoms with Crippen molar-refractivity contribution in [2.24, 2.45) is 0 Å². The molecule has 2 aliphatic heterocycles. The van der Waals surface area contributed by atoms with Crippen LogP contribution in [0.15, 0.2) is 18.2 Å². The summed E-state index contributed by atoms with van der Waals surface area (Å²) in [6, 6.07) is 7.18. The molecular formula is C18H26Cl2N2O2. The summed E-state index contributed by atoms with van der Waals surface area (Å²) in [4.78, 5) is 12.1. The van der Waals surface area contributed by atoms with Gasteiger partial charge in [0.25, 0.3) is 0 Å². The van der Waals surface area contributed by atoms with Gasteiger partial charge in [-0.05, 0) is 62.8 Å². The molecule has 24 heavy (non-hydrogen) atoms. The number of rotatable bonds is 6. The van der Waals surface area contributed by atoms with E-state index in [1.807, 2.05) is 25.1 Å². The van der Waals surface area contributed by atoms with Crippen LogP contribution in [0.1, 0.15) is 44.1 Å². The molecule has 2 heterocycles. The average molecular weight is 373 g/mol. The Kier molecular flexibility index (Phi) is 7.20. The lowest BCUT2D eigenvalue weighted by atomic mass is 9.99. The fourth-order valence-corrected chi connectivity index (χ4v) is 3.72. The van der Waals surface area contributed by atoms with Crippen LogP contribution in [0.5, 0.6) is 5.75 Å². The maximum absolute atomic E-state index is 12.1. The van der Waals surface area contributed by atoms with E-state index in [1.165, 1.54) is 12.8 Å². The largest absolute Gasteiger partial charge is 0.494 e. The van der Waals surface area contributed by atoms with Crippen LogP contribution in [0.2, 0.25) is 5.02 Å². The predicted octanol–water partition coefficient (Wildman–Crippen LogP) is 3.63. The second-order valence-corrected chi connectivity index (χ2v) is 7.14. The maximum atomic E-state index is 12.1. The van der Waals surface area contributed by atoms with E-state index in [4.69, 9.17) is 16.3 Å². The van der Waals surface area contributed by atoms with E-state index >= 15 is 0 Å². The third-order valence-corrected chi connectivity index (χ3v) is 5.21. The molecule has 2 N–H and O–H groups in total. The van der Waals surface area contributed by atoms with Gasteiger partial charge < -0.3 is 15.4 Å². The normalized spacial score (nSPS) is 25.0. The van der Waals surface area contributed by atoms with Crippen LogP contribution in [-0.2, 0) is 4.79 Å². The number of fused-ring (bicyclic) bond motifs is 2. The molecule has 2 bridgehead atoms. The van der Waals surface area contributed by atoms with E-state index in [0.29, 0.717) is 31.2 Å². The number of amides is 1. The van der Waals surface area contributed by atoms with Crippen LogP contribution in [0.25, 0.3) is 0 Å². The number of hydrogen-bond acceptors (Lipinski definition) is 3. The molecule has 1 aromatic rings. The second-order valence-electron chi connectivity index (χ2n) is 6.74. The minimum atomic E-state index is 0. The Balaban J connectivity index is 0.00000208. The number of carbonyl (C=O) groups excluding carboxylic acids is 1. The van der Waals surface area contributed by atoms with Gasteiger partial charge in [0.05, 0.1) is 6.61 Å². The second kappa shape index (κ2) is 8.93. The molecule has 1 amide bonds. The van der Waals surface area contributed by atoms with Crippen molar-refractivity contribution in [1.29, 1.82) is 0 Å². The van der Waals surface area contributed by atoms with Crippen LogP contribution >= 0.6 is 24.0 Å². The quantitative estimate of drug-likeness (QED) is 0.749. The molecule has 0 aromatic heterocycles. The van der Waals surface area contributed by atoms with Crippen LogP contribution in [-0.4, -0.2) is 30.6 Å². The highest BCUT2D eigenvalue weighted by Crippen LogP contribution is 2.26. The highest BCUT2D eigenvalue weighted by molar-refractivity contribution is 6.31. The van der Waals surface area contributed by atoms with E-state index in [0.717, 1.165) is 35.6 Å². The zero-order chi connectivity index (χ0) is 16.2. The summed E-state index contributed by atoms with van der Waals surface area (Å²) in [6.07, 6.45) is 5.90. The number of hydrogen-bond donors (Lipinski definition) is 2. The van der Waals surface area contributed by atoms with Crippen molar-refractivity contribution in [2.75, 3.05) is 6.61 Å². The van der Waals surface area contributed by atoms with E-state index in [-0.39, 0.29) is 18.3 Å². The number of nitrogens with one attached hydrogen (secondary N) is 2. The van der Waals surface area contributed by atoms with Crippen molar-refractivity contribution < 1.29 is 9.53 Å². The minimum absolute atomic E-state index is 0. The Bertz CT molecular complexity index is 556. The molecular weight excluding hydrogens is 347 g/mol. The van der Waals surface area contributed by atoms with E-state index in [1.54, 1.807) is 0 Å². The molecule has 2 aliphatic rings. The summed E-state index contributed by atoms with van der Waals surface area (Å²) in [5.74, 6) is 0.953. The van der Waals surface area contributed by atoms with E-state index < -0.39 is 0 Å². The third-order valence-electron chi connectivity index (χ3n) is 4.78. The first-order valence-electron chi connectivity index (χ1n) is 8.54. The van der Waals surface area contributed by atoms with Gasteiger partial charge in [0.15, 0.2) is 0 Å². The van der Waals surface area contributed by atoms with Gasteiger partial charge in [-0.2, -0.15) is 0 Å². The number of halogens is 2. The molecule has 4 nitrogen and oxygen atoms in total. The monoisotopic (exact) mass is 372 g/mol. The predicted molar refractivity (Wildman–Crippen MR) is 99.3 cm³/mol. The van der Waals surface area contributed by atoms with Crippen molar-refractivity contribution in [2.45, 2.75) is 63.6 Å². The van der Waals surface area contributed by atoms with Gasteiger partial charge in [-0.3, -0.25) is 4.79 Å². The topological polar surface area (TPSA) is 50.4 Å². The molecule has 2 unspecified atom stereocenters. The standard InChI is InChI=1S/C18H25ClN2O2.ClH/c1-12-9-16(6-7-17(12)19)23-8-2-3-18(22)21-15-10-13-4-5-14(11-15)20-13;/h6-7,9,13-15,20H,2-5,8,10-11H2,1H3,(H,21,22);1H. The Morgan fingerprint density at radius 3 is 2.71 bits per heavy atom. The summed E-state index contributed by atoms with van der Waals surface area (Å²) < 4.78 is 5.68. The summed E-state index contributed by atoms with van der Waals surface area (Å²) >= 11 is 5.99. The zero-order valence-corrected chi connectivity index (χ0v) is 15.6.